The zero-order valence-corrected chi connectivity index (χ0v) is 6.63. The van der Waals surface area contributed by atoms with Crippen molar-refractivity contribution in [2.24, 2.45) is 0 Å². The molecule has 11 heavy (non-hydrogen) atoms. The predicted molar refractivity (Wildman–Crippen MR) is 40.2 cm³/mol. The molecule has 0 spiro atoms. The SMILES string of the molecule is CCOC(=O)/C=C1\CCOC1. The van der Waals surface area contributed by atoms with E-state index in [9.17, 15) is 4.79 Å². The van der Waals surface area contributed by atoms with Gasteiger partial charge in [-0.05, 0) is 18.9 Å². The molecule has 0 aromatic rings. The summed E-state index contributed by atoms with van der Waals surface area (Å²) in [6.45, 7) is 3.54. The van der Waals surface area contributed by atoms with Gasteiger partial charge in [0.15, 0.2) is 0 Å². The molecule has 0 aromatic heterocycles. The van der Waals surface area contributed by atoms with E-state index >= 15 is 0 Å². The third-order valence-electron chi connectivity index (χ3n) is 1.46. The molecule has 0 aliphatic carbocycles. The van der Waals surface area contributed by atoms with Gasteiger partial charge in [0.2, 0.25) is 0 Å². The Morgan fingerprint density at radius 2 is 2.64 bits per heavy atom. The van der Waals surface area contributed by atoms with Crippen LogP contribution in [0.3, 0.4) is 0 Å². The molecule has 3 nitrogen and oxygen atoms in total. The Bertz CT molecular complexity index is 164. The van der Waals surface area contributed by atoms with E-state index in [2.05, 4.69) is 0 Å². The Hall–Kier alpha value is -0.830. The van der Waals surface area contributed by atoms with Crippen molar-refractivity contribution in [3.63, 3.8) is 0 Å². The molecule has 0 aromatic carbocycles. The van der Waals surface area contributed by atoms with Crippen molar-refractivity contribution >= 4 is 5.97 Å². The Morgan fingerprint density at radius 1 is 1.82 bits per heavy atom. The van der Waals surface area contributed by atoms with Gasteiger partial charge < -0.3 is 9.47 Å². The van der Waals surface area contributed by atoms with Crippen molar-refractivity contribution in [3.8, 4) is 0 Å². The number of rotatable bonds is 2. The first kappa shape index (κ1) is 8.27. The summed E-state index contributed by atoms with van der Waals surface area (Å²) in [5.74, 6) is -0.256. The fraction of sp³-hybridized carbons (Fsp3) is 0.625. The van der Waals surface area contributed by atoms with Gasteiger partial charge in [0.25, 0.3) is 0 Å². The van der Waals surface area contributed by atoms with Gasteiger partial charge in [-0.2, -0.15) is 0 Å². The number of carbonyl (C=O) groups excluding carboxylic acids is 1. The van der Waals surface area contributed by atoms with Crippen LogP contribution in [0.1, 0.15) is 13.3 Å². The largest absolute Gasteiger partial charge is 0.463 e. The highest BCUT2D eigenvalue weighted by atomic mass is 16.5. The monoisotopic (exact) mass is 156 g/mol. The van der Waals surface area contributed by atoms with E-state index in [1.165, 1.54) is 6.08 Å². The summed E-state index contributed by atoms with van der Waals surface area (Å²) in [5, 5.41) is 0. The van der Waals surface area contributed by atoms with Crippen LogP contribution in [-0.4, -0.2) is 25.8 Å². The molecule has 0 bridgehead atoms. The molecule has 1 aliphatic rings. The number of esters is 1. The van der Waals surface area contributed by atoms with Crippen molar-refractivity contribution in [1.82, 2.24) is 0 Å². The maximum Gasteiger partial charge on any atom is 0.330 e. The number of carbonyl (C=O) groups is 1. The number of hydrogen-bond acceptors (Lipinski definition) is 3. The van der Waals surface area contributed by atoms with Crippen LogP contribution < -0.4 is 0 Å². The number of ether oxygens (including phenoxy) is 2. The molecule has 0 radical (unpaired) electrons. The van der Waals surface area contributed by atoms with Crippen molar-refractivity contribution in [2.75, 3.05) is 19.8 Å². The summed E-state index contributed by atoms with van der Waals surface area (Å²) >= 11 is 0. The highest BCUT2D eigenvalue weighted by Gasteiger charge is 2.08. The molecule has 1 fully saturated rings. The quantitative estimate of drug-likeness (QED) is 0.440. The van der Waals surface area contributed by atoms with Gasteiger partial charge >= 0.3 is 5.97 Å². The van der Waals surface area contributed by atoms with E-state index in [-0.39, 0.29) is 5.97 Å². The average Bonchev–Trinajstić information content (AvgIpc) is 2.40. The van der Waals surface area contributed by atoms with Crippen LogP contribution in [0.2, 0.25) is 0 Å². The minimum Gasteiger partial charge on any atom is -0.463 e. The molecular formula is C8H12O3. The highest BCUT2D eigenvalue weighted by Crippen LogP contribution is 2.10. The van der Waals surface area contributed by atoms with Gasteiger partial charge in [-0.1, -0.05) is 0 Å². The first-order chi connectivity index (χ1) is 5.33. The van der Waals surface area contributed by atoms with Crippen LogP contribution in [-0.2, 0) is 14.3 Å². The lowest BCUT2D eigenvalue weighted by Gasteiger charge is -1.95. The summed E-state index contributed by atoms with van der Waals surface area (Å²) in [7, 11) is 0. The molecule has 3 heteroatoms. The van der Waals surface area contributed by atoms with E-state index in [1.54, 1.807) is 6.92 Å². The lowest BCUT2D eigenvalue weighted by molar-refractivity contribution is -0.137. The standard InChI is InChI=1S/C8H12O3/c1-2-11-8(9)5-7-3-4-10-6-7/h5H,2-4,6H2,1H3/b7-5+. The molecule has 62 valence electrons. The second-order valence-corrected chi connectivity index (χ2v) is 2.36. The number of hydrogen-bond donors (Lipinski definition) is 0. The summed E-state index contributed by atoms with van der Waals surface area (Å²) in [5.41, 5.74) is 1.03. The highest BCUT2D eigenvalue weighted by molar-refractivity contribution is 5.82. The molecule has 1 heterocycles. The van der Waals surface area contributed by atoms with Crippen LogP contribution in [0.15, 0.2) is 11.6 Å². The van der Waals surface area contributed by atoms with Crippen molar-refractivity contribution < 1.29 is 14.3 Å². The van der Waals surface area contributed by atoms with E-state index in [0.29, 0.717) is 13.2 Å². The van der Waals surface area contributed by atoms with Gasteiger partial charge in [-0.3, -0.25) is 0 Å². The fourth-order valence-electron chi connectivity index (χ4n) is 0.943. The zero-order valence-electron chi connectivity index (χ0n) is 6.63. The van der Waals surface area contributed by atoms with Gasteiger partial charge in [0.1, 0.15) is 0 Å². The Morgan fingerprint density at radius 3 is 3.18 bits per heavy atom. The molecule has 0 N–H and O–H groups in total. The van der Waals surface area contributed by atoms with Crippen molar-refractivity contribution in [3.05, 3.63) is 11.6 Å². The van der Waals surface area contributed by atoms with Gasteiger partial charge in [0.05, 0.1) is 19.8 Å². The van der Waals surface area contributed by atoms with E-state index in [1.807, 2.05) is 0 Å². The lowest BCUT2D eigenvalue weighted by atomic mass is 10.2. The third kappa shape index (κ3) is 2.72. The van der Waals surface area contributed by atoms with Crippen LogP contribution in [0, 0.1) is 0 Å². The maximum atomic E-state index is 10.8. The van der Waals surface area contributed by atoms with Crippen molar-refractivity contribution in [1.29, 1.82) is 0 Å². The van der Waals surface area contributed by atoms with E-state index in [4.69, 9.17) is 9.47 Å². The molecule has 0 unspecified atom stereocenters. The second kappa shape index (κ2) is 4.13. The van der Waals surface area contributed by atoms with E-state index < -0.39 is 0 Å². The third-order valence-corrected chi connectivity index (χ3v) is 1.46. The van der Waals surface area contributed by atoms with Gasteiger partial charge in [-0.15, -0.1) is 0 Å². The summed E-state index contributed by atoms with van der Waals surface area (Å²) < 4.78 is 9.79. The minimum atomic E-state index is -0.256. The van der Waals surface area contributed by atoms with Crippen LogP contribution in [0.4, 0.5) is 0 Å². The Kier molecular flexibility index (Phi) is 3.11. The molecule has 1 rings (SSSR count). The molecule has 1 saturated heterocycles. The van der Waals surface area contributed by atoms with Gasteiger partial charge in [0, 0.05) is 6.08 Å². The van der Waals surface area contributed by atoms with Crippen molar-refractivity contribution in [2.45, 2.75) is 13.3 Å². The first-order valence-corrected chi connectivity index (χ1v) is 3.77. The maximum absolute atomic E-state index is 10.8. The van der Waals surface area contributed by atoms with Crippen LogP contribution in [0.25, 0.3) is 0 Å². The van der Waals surface area contributed by atoms with Gasteiger partial charge in [-0.25, -0.2) is 4.79 Å². The normalized spacial score (nSPS) is 20.6. The van der Waals surface area contributed by atoms with Crippen LogP contribution >= 0.6 is 0 Å². The lowest BCUT2D eigenvalue weighted by Crippen LogP contribution is -2.01. The summed E-state index contributed by atoms with van der Waals surface area (Å²) in [4.78, 5) is 10.8. The smallest absolute Gasteiger partial charge is 0.330 e. The minimum absolute atomic E-state index is 0.256. The Balaban J connectivity index is 2.36. The van der Waals surface area contributed by atoms with Crippen LogP contribution in [0.5, 0.6) is 0 Å². The van der Waals surface area contributed by atoms with E-state index in [0.717, 1.165) is 18.6 Å². The fourth-order valence-corrected chi connectivity index (χ4v) is 0.943. The molecule has 0 atom stereocenters. The Labute approximate surface area is 66.0 Å². The average molecular weight is 156 g/mol. The molecular weight excluding hydrogens is 144 g/mol. The molecule has 0 amide bonds. The zero-order chi connectivity index (χ0) is 8.10. The first-order valence-electron chi connectivity index (χ1n) is 3.77. The summed E-state index contributed by atoms with van der Waals surface area (Å²) in [6.07, 6.45) is 2.38. The molecule has 0 saturated carbocycles. The second-order valence-electron chi connectivity index (χ2n) is 2.36. The predicted octanol–water partition coefficient (Wildman–Crippen LogP) is 0.896. The summed E-state index contributed by atoms with van der Waals surface area (Å²) in [6, 6.07) is 0. The topological polar surface area (TPSA) is 35.5 Å². The molecule has 1 aliphatic heterocycles.